The second-order valence-electron chi connectivity index (χ2n) is 4.50. The van der Waals surface area contributed by atoms with Crippen molar-refractivity contribution in [2.45, 2.75) is 26.7 Å². The van der Waals surface area contributed by atoms with Gasteiger partial charge in [-0.2, -0.15) is 0 Å². The Kier molecular flexibility index (Phi) is 4.12. The van der Waals surface area contributed by atoms with Gasteiger partial charge in [-0.1, -0.05) is 0 Å². The van der Waals surface area contributed by atoms with Crippen LogP contribution in [0.4, 0.5) is 5.82 Å². The first-order valence-corrected chi connectivity index (χ1v) is 6.41. The van der Waals surface area contributed by atoms with Crippen molar-refractivity contribution in [1.82, 2.24) is 9.97 Å². The SMILES string of the molecule is CCOC(=O)C1CCCN(c2nccnc2C)C1. The predicted molar refractivity (Wildman–Crippen MR) is 68.3 cm³/mol. The first-order chi connectivity index (χ1) is 8.72. The Morgan fingerprint density at radius 2 is 2.28 bits per heavy atom. The van der Waals surface area contributed by atoms with Crippen LogP contribution in [-0.2, 0) is 9.53 Å². The highest BCUT2D eigenvalue weighted by atomic mass is 16.5. The number of carbonyl (C=O) groups is 1. The minimum absolute atomic E-state index is 0.0416. The summed E-state index contributed by atoms with van der Waals surface area (Å²) < 4.78 is 5.09. The van der Waals surface area contributed by atoms with Crippen molar-refractivity contribution in [2.75, 3.05) is 24.6 Å². The molecule has 1 atom stereocenters. The third-order valence-electron chi connectivity index (χ3n) is 3.20. The van der Waals surface area contributed by atoms with Gasteiger partial charge in [0, 0.05) is 25.5 Å². The molecule has 0 saturated carbocycles. The van der Waals surface area contributed by atoms with Gasteiger partial charge in [0.1, 0.15) is 5.82 Å². The number of rotatable bonds is 3. The molecule has 2 heterocycles. The van der Waals surface area contributed by atoms with Crippen molar-refractivity contribution in [3.8, 4) is 0 Å². The van der Waals surface area contributed by atoms with E-state index in [1.165, 1.54) is 0 Å². The maximum absolute atomic E-state index is 11.8. The van der Waals surface area contributed by atoms with Crippen LogP contribution in [0.25, 0.3) is 0 Å². The molecule has 0 bridgehead atoms. The molecular formula is C13H19N3O2. The fourth-order valence-corrected chi connectivity index (χ4v) is 2.33. The molecule has 0 aliphatic carbocycles. The molecule has 5 heteroatoms. The molecule has 2 rings (SSSR count). The van der Waals surface area contributed by atoms with E-state index >= 15 is 0 Å². The van der Waals surface area contributed by atoms with E-state index in [4.69, 9.17) is 4.74 Å². The van der Waals surface area contributed by atoms with Gasteiger partial charge in [0.2, 0.25) is 0 Å². The van der Waals surface area contributed by atoms with Crippen LogP contribution in [0.15, 0.2) is 12.4 Å². The zero-order valence-corrected chi connectivity index (χ0v) is 10.9. The van der Waals surface area contributed by atoms with Crippen molar-refractivity contribution in [1.29, 1.82) is 0 Å². The number of piperidine rings is 1. The van der Waals surface area contributed by atoms with Crippen molar-refractivity contribution in [2.24, 2.45) is 5.92 Å². The van der Waals surface area contributed by atoms with Gasteiger partial charge in [0.15, 0.2) is 0 Å². The van der Waals surface area contributed by atoms with Gasteiger partial charge in [-0.05, 0) is 26.7 Å². The lowest BCUT2D eigenvalue weighted by molar-refractivity contribution is -0.148. The normalized spacial score (nSPS) is 19.7. The van der Waals surface area contributed by atoms with Crippen LogP contribution in [0.5, 0.6) is 0 Å². The first-order valence-electron chi connectivity index (χ1n) is 6.41. The topological polar surface area (TPSA) is 55.3 Å². The van der Waals surface area contributed by atoms with E-state index in [2.05, 4.69) is 14.9 Å². The van der Waals surface area contributed by atoms with Crippen LogP contribution in [0, 0.1) is 12.8 Å². The van der Waals surface area contributed by atoms with E-state index in [1.54, 1.807) is 12.4 Å². The number of hydrogen-bond acceptors (Lipinski definition) is 5. The fraction of sp³-hybridized carbons (Fsp3) is 0.615. The number of aryl methyl sites for hydroxylation is 1. The number of carbonyl (C=O) groups excluding carboxylic acids is 1. The van der Waals surface area contributed by atoms with Gasteiger partial charge >= 0.3 is 5.97 Å². The third kappa shape index (κ3) is 2.78. The van der Waals surface area contributed by atoms with Crippen LogP contribution in [-0.4, -0.2) is 35.6 Å². The molecule has 1 fully saturated rings. The Bertz CT molecular complexity index is 422. The van der Waals surface area contributed by atoms with Gasteiger partial charge in [-0.3, -0.25) is 9.78 Å². The summed E-state index contributed by atoms with van der Waals surface area (Å²) in [6.07, 6.45) is 5.26. The smallest absolute Gasteiger partial charge is 0.310 e. The zero-order valence-electron chi connectivity index (χ0n) is 10.9. The number of esters is 1. The van der Waals surface area contributed by atoms with E-state index in [-0.39, 0.29) is 11.9 Å². The molecular weight excluding hydrogens is 230 g/mol. The Balaban J connectivity index is 2.07. The molecule has 0 amide bonds. The average molecular weight is 249 g/mol. The van der Waals surface area contributed by atoms with Gasteiger partial charge in [0.05, 0.1) is 18.2 Å². The Morgan fingerprint density at radius 3 is 3.00 bits per heavy atom. The predicted octanol–water partition coefficient (Wildman–Crippen LogP) is 1.56. The van der Waals surface area contributed by atoms with Gasteiger partial charge in [-0.25, -0.2) is 4.98 Å². The van der Waals surface area contributed by atoms with Crippen molar-refractivity contribution in [3.05, 3.63) is 18.1 Å². The van der Waals surface area contributed by atoms with E-state index in [0.29, 0.717) is 13.2 Å². The van der Waals surface area contributed by atoms with E-state index < -0.39 is 0 Å². The summed E-state index contributed by atoms with van der Waals surface area (Å²) in [5, 5.41) is 0. The van der Waals surface area contributed by atoms with E-state index in [9.17, 15) is 4.79 Å². The van der Waals surface area contributed by atoms with Crippen molar-refractivity contribution >= 4 is 11.8 Å². The fourth-order valence-electron chi connectivity index (χ4n) is 2.33. The summed E-state index contributed by atoms with van der Waals surface area (Å²) in [5.74, 6) is 0.746. The highest BCUT2D eigenvalue weighted by Gasteiger charge is 2.28. The largest absolute Gasteiger partial charge is 0.466 e. The lowest BCUT2D eigenvalue weighted by atomic mass is 9.98. The lowest BCUT2D eigenvalue weighted by Crippen LogP contribution is -2.40. The van der Waals surface area contributed by atoms with Crippen LogP contribution in [0.1, 0.15) is 25.5 Å². The third-order valence-corrected chi connectivity index (χ3v) is 3.20. The van der Waals surface area contributed by atoms with Gasteiger partial charge < -0.3 is 9.64 Å². The molecule has 0 radical (unpaired) electrons. The van der Waals surface area contributed by atoms with E-state index in [1.807, 2.05) is 13.8 Å². The molecule has 0 spiro atoms. The Labute approximate surface area is 107 Å². The zero-order chi connectivity index (χ0) is 13.0. The molecule has 1 aromatic rings. The average Bonchev–Trinajstić information content (AvgIpc) is 2.40. The maximum atomic E-state index is 11.8. The highest BCUT2D eigenvalue weighted by molar-refractivity contribution is 5.73. The molecule has 1 saturated heterocycles. The monoisotopic (exact) mass is 249 g/mol. The quantitative estimate of drug-likeness (QED) is 0.761. The summed E-state index contributed by atoms with van der Waals surface area (Å²) in [4.78, 5) is 22.5. The molecule has 1 unspecified atom stereocenters. The van der Waals surface area contributed by atoms with E-state index in [0.717, 1.165) is 30.9 Å². The summed E-state index contributed by atoms with van der Waals surface area (Å²) >= 11 is 0. The van der Waals surface area contributed by atoms with Crippen LogP contribution < -0.4 is 4.90 Å². The molecule has 1 aliphatic rings. The molecule has 1 aliphatic heterocycles. The summed E-state index contributed by atoms with van der Waals surface area (Å²) in [7, 11) is 0. The number of ether oxygens (including phenoxy) is 1. The highest BCUT2D eigenvalue weighted by Crippen LogP contribution is 2.23. The maximum Gasteiger partial charge on any atom is 0.310 e. The minimum atomic E-state index is -0.0938. The standard InChI is InChI=1S/C13H19N3O2/c1-3-18-13(17)11-5-4-8-16(9-11)12-10(2)14-6-7-15-12/h6-7,11H,3-5,8-9H2,1-2H3. The number of anilines is 1. The minimum Gasteiger partial charge on any atom is -0.466 e. The van der Waals surface area contributed by atoms with Crippen LogP contribution in [0.3, 0.4) is 0 Å². The van der Waals surface area contributed by atoms with Crippen molar-refractivity contribution in [3.63, 3.8) is 0 Å². The second-order valence-corrected chi connectivity index (χ2v) is 4.50. The first kappa shape index (κ1) is 12.8. The lowest BCUT2D eigenvalue weighted by Gasteiger charge is -2.32. The summed E-state index contributed by atoms with van der Waals surface area (Å²) in [5.41, 5.74) is 0.905. The van der Waals surface area contributed by atoms with Crippen LogP contribution >= 0.6 is 0 Å². The molecule has 0 N–H and O–H groups in total. The molecule has 1 aromatic heterocycles. The Morgan fingerprint density at radius 1 is 1.50 bits per heavy atom. The number of aromatic nitrogens is 2. The van der Waals surface area contributed by atoms with Gasteiger partial charge in [0.25, 0.3) is 0 Å². The summed E-state index contributed by atoms with van der Waals surface area (Å²) in [6, 6.07) is 0. The van der Waals surface area contributed by atoms with Crippen molar-refractivity contribution < 1.29 is 9.53 Å². The molecule has 0 aromatic carbocycles. The number of nitrogens with zero attached hydrogens (tertiary/aromatic N) is 3. The van der Waals surface area contributed by atoms with Crippen LogP contribution in [0.2, 0.25) is 0 Å². The molecule has 18 heavy (non-hydrogen) atoms. The molecule has 98 valence electrons. The number of hydrogen-bond donors (Lipinski definition) is 0. The van der Waals surface area contributed by atoms with Gasteiger partial charge in [-0.15, -0.1) is 0 Å². The molecule has 5 nitrogen and oxygen atoms in total. The summed E-state index contributed by atoms with van der Waals surface area (Å²) in [6.45, 7) is 5.83. The Hall–Kier alpha value is -1.65. The second kappa shape index (κ2) is 5.80.